The molecule has 0 bridgehead atoms. The van der Waals surface area contributed by atoms with E-state index in [1.165, 1.54) is 5.56 Å². The van der Waals surface area contributed by atoms with E-state index >= 15 is 0 Å². The Morgan fingerprint density at radius 2 is 1.56 bits per heavy atom. The van der Waals surface area contributed by atoms with Crippen LogP contribution < -0.4 is 0 Å². The second-order valence-electron chi connectivity index (χ2n) is 6.14. The first-order valence-corrected chi connectivity index (χ1v) is 7.02. The van der Waals surface area contributed by atoms with Crippen molar-refractivity contribution in [1.82, 2.24) is 0 Å². The molecule has 0 aliphatic carbocycles. The Balaban J connectivity index is 2.76. The van der Waals surface area contributed by atoms with E-state index in [9.17, 15) is 4.79 Å². The predicted molar refractivity (Wildman–Crippen MR) is 78.2 cm³/mol. The summed E-state index contributed by atoms with van der Waals surface area (Å²) >= 11 is 0. The van der Waals surface area contributed by atoms with Crippen molar-refractivity contribution in [3.8, 4) is 0 Å². The number of hydrogen-bond donors (Lipinski definition) is 0. The van der Waals surface area contributed by atoms with Gasteiger partial charge >= 0.3 is 0 Å². The molecule has 1 aromatic carbocycles. The van der Waals surface area contributed by atoms with Crippen molar-refractivity contribution in [2.45, 2.75) is 59.3 Å². The molecule has 1 nitrogen and oxygen atoms in total. The summed E-state index contributed by atoms with van der Waals surface area (Å²) in [5, 5.41) is 0. The molecule has 0 fully saturated rings. The lowest BCUT2D eigenvalue weighted by molar-refractivity contribution is 0.0958. The number of rotatable bonds is 5. The van der Waals surface area contributed by atoms with Crippen molar-refractivity contribution in [3.05, 3.63) is 35.4 Å². The van der Waals surface area contributed by atoms with E-state index < -0.39 is 0 Å². The summed E-state index contributed by atoms with van der Waals surface area (Å²) in [6.45, 7) is 10.9. The third kappa shape index (κ3) is 3.97. The number of Topliss-reactive ketones (excluding diaryl/α,β-unsaturated/α-hetero) is 1. The molecule has 0 heterocycles. The summed E-state index contributed by atoms with van der Waals surface area (Å²) in [5.41, 5.74) is 2.29. The second kappa shape index (κ2) is 6.17. The molecule has 1 heteroatoms. The molecular weight excluding hydrogens is 220 g/mol. The van der Waals surface area contributed by atoms with E-state index in [-0.39, 0.29) is 11.2 Å². The molecule has 18 heavy (non-hydrogen) atoms. The van der Waals surface area contributed by atoms with Gasteiger partial charge in [0.1, 0.15) is 0 Å². The first-order valence-electron chi connectivity index (χ1n) is 7.02. The Hall–Kier alpha value is -1.11. The van der Waals surface area contributed by atoms with Crippen LogP contribution in [0.5, 0.6) is 0 Å². The molecule has 0 N–H and O–H groups in total. The van der Waals surface area contributed by atoms with Crippen molar-refractivity contribution in [1.29, 1.82) is 0 Å². The third-order valence-electron chi connectivity index (χ3n) is 3.70. The molecule has 1 rings (SSSR count). The molecule has 0 aromatic heterocycles. The van der Waals surface area contributed by atoms with Crippen LogP contribution in [-0.4, -0.2) is 5.78 Å². The molecule has 0 unspecified atom stereocenters. The zero-order chi connectivity index (χ0) is 13.8. The minimum Gasteiger partial charge on any atom is -0.294 e. The van der Waals surface area contributed by atoms with Crippen molar-refractivity contribution in [3.63, 3.8) is 0 Å². The lowest BCUT2D eigenvalue weighted by atomic mass is 9.86. The summed E-state index contributed by atoms with van der Waals surface area (Å²) < 4.78 is 0. The quantitative estimate of drug-likeness (QED) is 0.669. The highest BCUT2D eigenvalue weighted by molar-refractivity contribution is 5.96. The van der Waals surface area contributed by atoms with Crippen LogP contribution >= 0.6 is 0 Å². The molecule has 0 radical (unpaired) electrons. The summed E-state index contributed by atoms with van der Waals surface area (Å²) in [7, 11) is 0. The molecule has 0 amide bonds. The molecule has 0 aliphatic rings. The minimum atomic E-state index is 0.150. The summed E-state index contributed by atoms with van der Waals surface area (Å²) in [5.74, 6) is 0.809. The van der Waals surface area contributed by atoms with Gasteiger partial charge in [-0.25, -0.2) is 0 Å². The Morgan fingerprint density at radius 1 is 1.06 bits per heavy atom. The number of ketones is 1. The van der Waals surface area contributed by atoms with Crippen molar-refractivity contribution < 1.29 is 4.79 Å². The first-order chi connectivity index (χ1) is 8.38. The van der Waals surface area contributed by atoms with Gasteiger partial charge in [-0.1, -0.05) is 71.7 Å². The highest BCUT2D eigenvalue weighted by Crippen LogP contribution is 2.23. The molecule has 1 aromatic rings. The van der Waals surface area contributed by atoms with Gasteiger partial charge in [-0.05, 0) is 16.9 Å². The molecule has 0 atom stereocenters. The Kier molecular flexibility index (Phi) is 5.13. The molecule has 0 spiro atoms. The van der Waals surface area contributed by atoms with Gasteiger partial charge < -0.3 is 0 Å². The molecule has 0 saturated heterocycles. The maximum Gasteiger partial charge on any atom is 0.163 e. The molecule has 0 aliphatic heterocycles. The van der Waals surface area contributed by atoms with Gasteiger partial charge in [0.2, 0.25) is 0 Å². The average Bonchev–Trinajstić information content (AvgIpc) is 2.34. The van der Waals surface area contributed by atoms with Gasteiger partial charge in [0.25, 0.3) is 0 Å². The predicted octanol–water partition coefficient (Wildman–Crippen LogP) is 4.99. The third-order valence-corrected chi connectivity index (χ3v) is 3.70. The molecule has 0 saturated carbocycles. The maximum atomic E-state index is 12.1. The SMILES string of the molecule is CCC(CC)CC(=O)c1ccc(C(C)(C)C)cc1. The normalized spacial score (nSPS) is 11.9. The second-order valence-corrected chi connectivity index (χ2v) is 6.14. The van der Waals surface area contributed by atoms with Crippen molar-refractivity contribution >= 4 is 5.78 Å². The standard InChI is InChI=1S/C17H26O/c1-6-13(7-2)12-16(18)14-8-10-15(11-9-14)17(3,4)5/h8-11,13H,6-7,12H2,1-5H3. The van der Waals surface area contributed by atoms with Crippen LogP contribution in [0.2, 0.25) is 0 Å². The van der Waals surface area contributed by atoms with Gasteiger partial charge in [0, 0.05) is 12.0 Å². The van der Waals surface area contributed by atoms with E-state index in [0.717, 1.165) is 18.4 Å². The van der Waals surface area contributed by atoms with Crippen molar-refractivity contribution in [2.75, 3.05) is 0 Å². The van der Waals surface area contributed by atoms with Crippen LogP contribution in [0.4, 0.5) is 0 Å². The first kappa shape index (κ1) is 14.9. The monoisotopic (exact) mass is 246 g/mol. The van der Waals surface area contributed by atoms with Crippen LogP contribution in [0.1, 0.15) is 69.8 Å². The highest BCUT2D eigenvalue weighted by Gasteiger charge is 2.15. The van der Waals surface area contributed by atoms with E-state index in [1.54, 1.807) is 0 Å². The Morgan fingerprint density at radius 3 is 1.94 bits per heavy atom. The van der Waals surface area contributed by atoms with Crippen LogP contribution in [0.3, 0.4) is 0 Å². The summed E-state index contributed by atoms with van der Waals surface area (Å²) in [6.07, 6.45) is 2.85. The lowest BCUT2D eigenvalue weighted by Crippen LogP contribution is -2.12. The summed E-state index contributed by atoms with van der Waals surface area (Å²) in [6, 6.07) is 8.12. The number of carbonyl (C=O) groups excluding carboxylic acids is 1. The fourth-order valence-corrected chi connectivity index (χ4v) is 2.11. The maximum absolute atomic E-state index is 12.1. The number of hydrogen-bond acceptors (Lipinski definition) is 1. The van der Waals surface area contributed by atoms with Gasteiger partial charge in [-0.3, -0.25) is 4.79 Å². The Labute approximate surface area is 112 Å². The van der Waals surface area contributed by atoms with Gasteiger partial charge in [0.05, 0.1) is 0 Å². The largest absolute Gasteiger partial charge is 0.294 e. The zero-order valence-corrected chi connectivity index (χ0v) is 12.4. The lowest BCUT2D eigenvalue weighted by Gasteiger charge is -2.19. The minimum absolute atomic E-state index is 0.150. The van der Waals surface area contributed by atoms with Gasteiger partial charge in [0.15, 0.2) is 5.78 Å². The van der Waals surface area contributed by atoms with Gasteiger partial charge in [-0.2, -0.15) is 0 Å². The molecular formula is C17H26O. The number of carbonyl (C=O) groups is 1. The summed E-state index contributed by atoms with van der Waals surface area (Å²) in [4.78, 5) is 12.1. The van der Waals surface area contributed by atoms with Crippen LogP contribution in [0.15, 0.2) is 24.3 Å². The van der Waals surface area contributed by atoms with E-state index in [2.05, 4.69) is 46.8 Å². The fourth-order valence-electron chi connectivity index (χ4n) is 2.11. The van der Waals surface area contributed by atoms with Crippen LogP contribution in [0.25, 0.3) is 0 Å². The molecule has 100 valence electrons. The van der Waals surface area contributed by atoms with Crippen molar-refractivity contribution in [2.24, 2.45) is 5.92 Å². The van der Waals surface area contributed by atoms with Gasteiger partial charge in [-0.15, -0.1) is 0 Å². The zero-order valence-electron chi connectivity index (χ0n) is 12.4. The Bertz CT molecular complexity index is 377. The average molecular weight is 246 g/mol. The van der Waals surface area contributed by atoms with E-state index in [1.807, 2.05) is 12.1 Å². The number of benzene rings is 1. The topological polar surface area (TPSA) is 17.1 Å². The fraction of sp³-hybridized carbons (Fsp3) is 0.588. The highest BCUT2D eigenvalue weighted by atomic mass is 16.1. The van der Waals surface area contributed by atoms with Crippen LogP contribution in [0, 0.1) is 5.92 Å². The van der Waals surface area contributed by atoms with E-state index in [4.69, 9.17) is 0 Å². The van der Waals surface area contributed by atoms with Crippen LogP contribution in [-0.2, 0) is 5.41 Å². The smallest absolute Gasteiger partial charge is 0.163 e. The van der Waals surface area contributed by atoms with E-state index in [0.29, 0.717) is 12.3 Å².